The number of aryl methyl sites for hydroxylation is 2. The van der Waals surface area contributed by atoms with Gasteiger partial charge in [0.1, 0.15) is 18.2 Å². The summed E-state index contributed by atoms with van der Waals surface area (Å²) in [7, 11) is 2.14. The predicted molar refractivity (Wildman–Crippen MR) is 164 cm³/mol. The number of nitrogens with zero attached hydrogens (tertiary/aromatic N) is 1. The van der Waals surface area contributed by atoms with Crippen LogP contribution in [-0.2, 0) is 12.5 Å². The molecule has 0 aliphatic heterocycles. The Bertz CT molecular complexity index is 1710. The van der Waals surface area contributed by atoms with Crippen molar-refractivity contribution in [3.8, 4) is 22.4 Å². The third-order valence-electron chi connectivity index (χ3n) is 8.84. The van der Waals surface area contributed by atoms with Crippen LogP contribution < -0.4 is 4.57 Å². The molecular weight excluding hydrogens is 474 g/mol. The fraction of sp³-hybridized carbons (Fsp3) is 0.378. The quantitative estimate of drug-likeness (QED) is 0.205. The molecule has 0 amide bonds. The lowest BCUT2D eigenvalue weighted by Gasteiger charge is -2.35. The lowest BCUT2D eigenvalue weighted by Crippen LogP contribution is -2.31. The molecule has 0 atom stereocenters. The molecule has 1 aliphatic carbocycles. The van der Waals surface area contributed by atoms with E-state index >= 15 is 0 Å². The molecular formula is C37H42NO+. The second-order valence-corrected chi connectivity index (χ2v) is 13.0. The summed E-state index contributed by atoms with van der Waals surface area (Å²) in [4.78, 5) is 0. The summed E-state index contributed by atoms with van der Waals surface area (Å²) in [5.41, 5.74) is 12.6. The maximum absolute atomic E-state index is 7.15. The summed E-state index contributed by atoms with van der Waals surface area (Å²) in [6.45, 7) is 16.2. The largest absolute Gasteiger partial charge is 0.455 e. The van der Waals surface area contributed by atoms with Gasteiger partial charge in [-0.25, -0.2) is 4.57 Å². The molecule has 5 aromatic rings. The number of benzene rings is 3. The van der Waals surface area contributed by atoms with Gasteiger partial charge in [0.05, 0.1) is 5.56 Å². The van der Waals surface area contributed by atoms with Crippen LogP contribution in [0.5, 0.6) is 0 Å². The number of furan rings is 1. The zero-order valence-electron chi connectivity index (χ0n) is 24.9. The molecule has 1 aliphatic rings. The van der Waals surface area contributed by atoms with Gasteiger partial charge in [0.2, 0.25) is 5.69 Å². The van der Waals surface area contributed by atoms with E-state index in [0.29, 0.717) is 17.8 Å². The normalized spacial score (nSPS) is 14.2. The minimum Gasteiger partial charge on any atom is -0.455 e. The first-order valence-electron chi connectivity index (χ1n) is 14.7. The Balaban J connectivity index is 1.72. The topological polar surface area (TPSA) is 17.0 Å². The van der Waals surface area contributed by atoms with E-state index in [1.54, 1.807) is 0 Å². The number of rotatable bonds is 6. The zero-order chi connectivity index (χ0) is 27.6. The van der Waals surface area contributed by atoms with Crippen LogP contribution in [0.3, 0.4) is 0 Å². The van der Waals surface area contributed by atoms with Gasteiger partial charge in [0.15, 0.2) is 6.20 Å². The van der Waals surface area contributed by atoms with Crippen LogP contribution in [0.25, 0.3) is 44.3 Å². The monoisotopic (exact) mass is 516 g/mol. The van der Waals surface area contributed by atoms with E-state index in [2.05, 4.69) is 127 Å². The molecule has 0 bridgehead atoms. The molecule has 0 saturated heterocycles. The van der Waals surface area contributed by atoms with E-state index < -0.39 is 0 Å². The van der Waals surface area contributed by atoms with Gasteiger partial charge in [-0.1, -0.05) is 84.0 Å². The van der Waals surface area contributed by atoms with Crippen LogP contribution in [0, 0.1) is 18.8 Å². The van der Waals surface area contributed by atoms with Crippen LogP contribution in [0.2, 0.25) is 0 Å². The third kappa shape index (κ3) is 3.94. The fourth-order valence-electron chi connectivity index (χ4n) is 7.38. The van der Waals surface area contributed by atoms with Gasteiger partial charge in [-0.3, -0.25) is 0 Å². The molecule has 0 fully saturated rings. The first-order chi connectivity index (χ1) is 18.6. The van der Waals surface area contributed by atoms with Gasteiger partial charge in [0.25, 0.3) is 0 Å². The average molecular weight is 517 g/mol. The highest BCUT2D eigenvalue weighted by Gasteiger charge is 2.46. The van der Waals surface area contributed by atoms with Crippen molar-refractivity contribution in [3.63, 3.8) is 0 Å². The fourth-order valence-corrected chi connectivity index (χ4v) is 7.38. The van der Waals surface area contributed by atoms with E-state index in [0.717, 1.165) is 24.0 Å². The highest BCUT2D eigenvalue weighted by Crippen LogP contribution is 2.58. The second kappa shape index (κ2) is 9.37. The highest BCUT2D eigenvalue weighted by atomic mass is 16.3. The Kier molecular flexibility index (Phi) is 6.21. The van der Waals surface area contributed by atoms with Crippen molar-refractivity contribution < 1.29 is 8.98 Å². The lowest BCUT2D eigenvalue weighted by atomic mass is 9.67. The van der Waals surface area contributed by atoms with E-state index in [9.17, 15) is 0 Å². The Labute approximate surface area is 233 Å². The van der Waals surface area contributed by atoms with Crippen LogP contribution in [0.15, 0.2) is 71.3 Å². The molecule has 200 valence electrons. The first kappa shape index (κ1) is 25.9. The molecule has 2 heterocycles. The summed E-state index contributed by atoms with van der Waals surface area (Å²) >= 11 is 0. The third-order valence-corrected chi connectivity index (χ3v) is 8.84. The SMILES string of the molecule is Cc1ccc2c(oc3c4c(ccc32)-c2ccccc2C4(CC(C)C)CC(C)C)c1-c1cc(C(C)C)cc[n+]1C. The number of hydrogen-bond acceptors (Lipinski definition) is 1. The van der Waals surface area contributed by atoms with Gasteiger partial charge in [-0.2, -0.15) is 0 Å². The summed E-state index contributed by atoms with van der Waals surface area (Å²) in [5.74, 6) is 1.60. The second-order valence-electron chi connectivity index (χ2n) is 13.0. The van der Waals surface area contributed by atoms with E-state index in [1.165, 1.54) is 55.4 Å². The Morgan fingerprint density at radius 3 is 2.13 bits per heavy atom. The standard InChI is InChI=1S/C37H42NO/c1-22(2)20-37(21-23(3)4)31-12-10-9-11-27(31)28-15-16-30-29-14-13-25(7)33(35(29)39-36(30)34(28)37)32-19-26(24(5)6)17-18-38(32)8/h9-19,22-24H,20-21H2,1-8H3/q+1. The number of hydrogen-bond donors (Lipinski definition) is 0. The van der Waals surface area contributed by atoms with Crippen LogP contribution in [0.4, 0.5) is 0 Å². The minimum absolute atomic E-state index is 0.0565. The smallest absolute Gasteiger partial charge is 0.216 e. The van der Waals surface area contributed by atoms with Crippen LogP contribution in [-0.4, -0.2) is 0 Å². The Hall–Kier alpha value is -3.39. The number of pyridine rings is 1. The number of aromatic nitrogens is 1. The summed E-state index contributed by atoms with van der Waals surface area (Å²) in [5, 5.41) is 2.44. The van der Waals surface area contributed by atoms with Crippen LogP contribution in [0.1, 0.15) is 82.6 Å². The molecule has 3 aromatic carbocycles. The molecule has 39 heavy (non-hydrogen) atoms. The lowest BCUT2D eigenvalue weighted by molar-refractivity contribution is -0.660. The van der Waals surface area contributed by atoms with Crippen molar-refractivity contribution in [1.82, 2.24) is 0 Å². The molecule has 6 rings (SSSR count). The maximum Gasteiger partial charge on any atom is 0.216 e. The zero-order valence-corrected chi connectivity index (χ0v) is 24.9. The predicted octanol–water partition coefficient (Wildman–Crippen LogP) is 9.87. The van der Waals surface area contributed by atoms with E-state index in [1.807, 2.05) is 0 Å². The molecule has 0 N–H and O–H groups in total. The molecule has 0 spiro atoms. The van der Waals surface area contributed by atoms with Gasteiger partial charge in [-0.15, -0.1) is 0 Å². The summed E-state index contributed by atoms with van der Waals surface area (Å²) < 4.78 is 9.39. The minimum atomic E-state index is -0.0565. The average Bonchev–Trinajstić information content (AvgIpc) is 3.37. The van der Waals surface area contributed by atoms with Gasteiger partial charge >= 0.3 is 0 Å². The van der Waals surface area contributed by atoms with Crippen molar-refractivity contribution in [2.45, 2.75) is 72.6 Å². The van der Waals surface area contributed by atoms with Gasteiger partial charge < -0.3 is 4.42 Å². The van der Waals surface area contributed by atoms with E-state index in [4.69, 9.17) is 4.42 Å². The van der Waals surface area contributed by atoms with Crippen molar-refractivity contribution in [3.05, 3.63) is 89.1 Å². The van der Waals surface area contributed by atoms with Crippen molar-refractivity contribution in [1.29, 1.82) is 0 Å². The van der Waals surface area contributed by atoms with Crippen molar-refractivity contribution in [2.24, 2.45) is 18.9 Å². The first-order valence-corrected chi connectivity index (χ1v) is 14.7. The number of fused-ring (bicyclic) bond motifs is 7. The summed E-state index contributed by atoms with van der Waals surface area (Å²) in [6, 6.07) is 22.9. The Morgan fingerprint density at radius 1 is 0.769 bits per heavy atom. The van der Waals surface area contributed by atoms with Crippen molar-refractivity contribution in [2.75, 3.05) is 0 Å². The van der Waals surface area contributed by atoms with E-state index in [-0.39, 0.29) is 5.41 Å². The molecule has 0 unspecified atom stereocenters. The summed E-state index contributed by atoms with van der Waals surface area (Å²) in [6.07, 6.45) is 4.42. The maximum atomic E-state index is 7.15. The highest BCUT2D eigenvalue weighted by molar-refractivity contribution is 6.12. The molecule has 2 heteroatoms. The molecule has 0 radical (unpaired) electrons. The van der Waals surface area contributed by atoms with Gasteiger partial charge in [-0.05, 0) is 71.4 Å². The van der Waals surface area contributed by atoms with Crippen LogP contribution >= 0.6 is 0 Å². The van der Waals surface area contributed by atoms with Gasteiger partial charge in [0, 0.05) is 33.9 Å². The van der Waals surface area contributed by atoms with Crippen molar-refractivity contribution >= 4 is 21.9 Å². The Morgan fingerprint density at radius 2 is 1.44 bits per heavy atom. The molecule has 0 saturated carbocycles. The molecule has 2 nitrogen and oxygen atoms in total. The molecule has 2 aromatic heterocycles.